The summed E-state index contributed by atoms with van der Waals surface area (Å²) in [5, 5.41) is 0. The molecule has 2 aliphatic carbocycles. The van der Waals surface area contributed by atoms with E-state index in [2.05, 4.69) is 38.1 Å². The van der Waals surface area contributed by atoms with Crippen molar-refractivity contribution in [3.8, 4) is 5.75 Å². The van der Waals surface area contributed by atoms with Gasteiger partial charge >= 0.3 is 0 Å². The third-order valence-electron chi connectivity index (χ3n) is 6.86. The molecule has 1 aromatic rings. The van der Waals surface area contributed by atoms with Crippen LogP contribution in [0.15, 0.2) is 24.3 Å². The molecular weight excluding hydrogens is 336 g/mol. The largest absolute Gasteiger partial charge is 0.490 e. The maximum atomic E-state index is 6.29. The van der Waals surface area contributed by atoms with E-state index >= 15 is 0 Å². The zero-order chi connectivity index (χ0) is 18.6. The van der Waals surface area contributed by atoms with Gasteiger partial charge in [0.05, 0.1) is 19.3 Å². The van der Waals surface area contributed by atoms with Crippen molar-refractivity contribution in [1.29, 1.82) is 0 Å². The predicted molar refractivity (Wildman–Crippen MR) is 108 cm³/mol. The highest BCUT2D eigenvalue weighted by atomic mass is 16.7. The van der Waals surface area contributed by atoms with Gasteiger partial charge in [0.1, 0.15) is 5.75 Å². The van der Waals surface area contributed by atoms with Crippen LogP contribution in [0, 0.1) is 17.8 Å². The number of rotatable bonds is 4. The zero-order valence-electron chi connectivity index (χ0n) is 17.1. The van der Waals surface area contributed by atoms with E-state index in [0.29, 0.717) is 17.9 Å². The lowest BCUT2D eigenvalue weighted by Gasteiger charge is -2.37. The molecule has 0 amide bonds. The van der Waals surface area contributed by atoms with Crippen LogP contribution in [0.3, 0.4) is 0 Å². The first-order chi connectivity index (χ1) is 13.2. The van der Waals surface area contributed by atoms with Crippen LogP contribution in [-0.2, 0) is 9.47 Å². The molecule has 3 fully saturated rings. The Balaban J connectivity index is 1.23. The van der Waals surface area contributed by atoms with Gasteiger partial charge in [-0.05, 0) is 68.1 Å². The molecule has 0 atom stereocenters. The Bertz CT molecular complexity index is 560. The summed E-state index contributed by atoms with van der Waals surface area (Å²) in [6.07, 6.45) is 10.3. The molecular formula is C24H36O3. The van der Waals surface area contributed by atoms with Gasteiger partial charge in [-0.15, -0.1) is 0 Å². The third kappa shape index (κ3) is 5.06. The van der Waals surface area contributed by atoms with Gasteiger partial charge in [0.2, 0.25) is 0 Å². The maximum absolute atomic E-state index is 6.29. The van der Waals surface area contributed by atoms with Crippen LogP contribution in [-0.4, -0.2) is 25.6 Å². The fourth-order valence-corrected chi connectivity index (χ4v) is 4.97. The lowest BCUT2D eigenvalue weighted by Crippen LogP contribution is -2.39. The predicted octanol–water partition coefficient (Wildman–Crippen LogP) is 5.93. The molecule has 27 heavy (non-hydrogen) atoms. The molecule has 0 bridgehead atoms. The molecule has 2 saturated carbocycles. The average Bonchev–Trinajstić information content (AvgIpc) is 2.71. The number of hydrogen-bond acceptors (Lipinski definition) is 3. The third-order valence-corrected chi connectivity index (χ3v) is 6.86. The van der Waals surface area contributed by atoms with Gasteiger partial charge in [0, 0.05) is 11.8 Å². The Kier molecular flexibility index (Phi) is 6.39. The molecule has 0 N–H and O–H groups in total. The van der Waals surface area contributed by atoms with Gasteiger partial charge in [0.15, 0.2) is 6.29 Å². The summed E-state index contributed by atoms with van der Waals surface area (Å²) in [6, 6.07) is 8.97. The van der Waals surface area contributed by atoms with Gasteiger partial charge < -0.3 is 14.2 Å². The van der Waals surface area contributed by atoms with Crippen LogP contribution in [0.1, 0.15) is 76.7 Å². The molecule has 3 nitrogen and oxygen atoms in total. The van der Waals surface area contributed by atoms with Gasteiger partial charge in [0.25, 0.3) is 0 Å². The average molecular weight is 373 g/mol. The topological polar surface area (TPSA) is 27.7 Å². The Morgan fingerprint density at radius 1 is 0.741 bits per heavy atom. The van der Waals surface area contributed by atoms with Crippen molar-refractivity contribution in [3.05, 3.63) is 29.8 Å². The number of benzene rings is 1. The van der Waals surface area contributed by atoms with Crippen LogP contribution in [0.4, 0.5) is 0 Å². The second-order valence-electron chi connectivity index (χ2n) is 9.32. The standard InChI is InChI=1S/C24H36O3/c1-17-3-5-19(6-4-17)20-7-11-22(12-8-20)27-23-13-9-21(10-14-23)24-25-15-18(2)16-26-24/h7-8,11-12,17-19,21,23-24H,3-6,9-10,13-16H2,1-2H3. The fraction of sp³-hybridized carbons (Fsp3) is 0.750. The Hall–Kier alpha value is -1.06. The molecule has 1 aliphatic heterocycles. The molecule has 0 spiro atoms. The summed E-state index contributed by atoms with van der Waals surface area (Å²) in [4.78, 5) is 0. The van der Waals surface area contributed by atoms with E-state index in [0.717, 1.165) is 56.5 Å². The van der Waals surface area contributed by atoms with Crippen molar-refractivity contribution >= 4 is 0 Å². The van der Waals surface area contributed by atoms with Crippen LogP contribution in [0.5, 0.6) is 5.75 Å². The summed E-state index contributed by atoms with van der Waals surface area (Å²) in [6.45, 7) is 6.25. The van der Waals surface area contributed by atoms with Crippen LogP contribution >= 0.6 is 0 Å². The minimum absolute atomic E-state index is 0.0136. The second kappa shape index (κ2) is 8.96. The Morgan fingerprint density at radius 2 is 1.37 bits per heavy atom. The maximum Gasteiger partial charge on any atom is 0.160 e. The normalized spacial score (nSPS) is 37.7. The SMILES string of the molecule is CC1CCC(c2ccc(OC3CCC(C4OCC(C)CO4)CC3)cc2)CC1. The van der Waals surface area contributed by atoms with E-state index in [1.165, 1.54) is 31.2 Å². The van der Waals surface area contributed by atoms with Crippen LogP contribution in [0.25, 0.3) is 0 Å². The molecule has 0 unspecified atom stereocenters. The molecule has 150 valence electrons. The molecule has 3 aliphatic rings. The highest BCUT2D eigenvalue weighted by Crippen LogP contribution is 2.37. The smallest absolute Gasteiger partial charge is 0.160 e. The minimum Gasteiger partial charge on any atom is -0.490 e. The van der Waals surface area contributed by atoms with E-state index in [-0.39, 0.29) is 6.29 Å². The van der Waals surface area contributed by atoms with Crippen LogP contribution in [0.2, 0.25) is 0 Å². The molecule has 3 heteroatoms. The summed E-state index contributed by atoms with van der Waals surface area (Å²) in [5.74, 6) is 3.76. The van der Waals surface area contributed by atoms with E-state index in [1.54, 1.807) is 0 Å². The summed E-state index contributed by atoms with van der Waals surface area (Å²) in [7, 11) is 0. The first-order valence-electron chi connectivity index (χ1n) is 11.2. The first kappa shape index (κ1) is 19.3. The van der Waals surface area contributed by atoms with Gasteiger partial charge in [-0.3, -0.25) is 0 Å². The Morgan fingerprint density at radius 3 is 2.00 bits per heavy atom. The molecule has 0 radical (unpaired) electrons. The fourth-order valence-electron chi connectivity index (χ4n) is 4.97. The monoisotopic (exact) mass is 372 g/mol. The van der Waals surface area contributed by atoms with Crippen molar-refractivity contribution in [2.45, 2.75) is 83.5 Å². The Labute approximate surface area is 164 Å². The number of hydrogen-bond donors (Lipinski definition) is 0. The van der Waals surface area contributed by atoms with Crippen molar-refractivity contribution in [3.63, 3.8) is 0 Å². The molecule has 4 rings (SSSR count). The van der Waals surface area contributed by atoms with Gasteiger partial charge in [-0.2, -0.15) is 0 Å². The summed E-state index contributed by atoms with van der Waals surface area (Å²) >= 11 is 0. The van der Waals surface area contributed by atoms with E-state index in [1.807, 2.05) is 0 Å². The summed E-state index contributed by atoms with van der Waals surface area (Å²) < 4.78 is 18.1. The summed E-state index contributed by atoms with van der Waals surface area (Å²) in [5.41, 5.74) is 1.50. The van der Waals surface area contributed by atoms with Crippen molar-refractivity contribution in [2.75, 3.05) is 13.2 Å². The highest BCUT2D eigenvalue weighted by Gasteiger charge is 2.32. The molecule has 0 aromatic heterocycles. The van der Waals surface area contributed by atoms with E-state index in [9.17, 15) is 0 Å². The zero-order valence-corrected chi connectivity index (χ0v) is 17.1. The van der Waals surface area contributed by atoms with Gasteiger partial charge in [-0.1, -0.05) is 38.8 Å². The van der Waals surface area contributed by atoms with Crippen molar-refractivity contribution < 1.29 is 14.2 Å². The van der Waals surface area contributed by atoms with Crippen molar-refractivity contribution in [2.24, 2.45) is 17.8 Å². The lowest BCUT2D eigenvalue weighted by atomic mass is 9.79. The first-order valence-corrected chi connectivity index (χ1v) is 11.2. The lowest BCUT2D eigenvalue weighted by molar-refractivity contribution is -0.227. The molecule has 1 heterocycles. The molecule has 1 saturated heterocycles. The van der Waals surface area contributed by atoms with Gasteiger partial charge in [-0.25, -0.2) is 0 Å². The quantitative estimate of drug-likeness (QED) is 0.656. The second-order valence-corrected chi connectivity index (χ2v) is 9.32. The van der Waals surface area contributed by atoms with E-state index in [4.69, 9.17) is 14.2 Å². The highest BCUT2D eigenvalue weighted by molar-refractivity contribution is 5.30. The minimum atomic E-state index is 0.0136. The van der Waals surface area contributed by atoms with Crippen LogP contribution < -0.4 is 4.74 Å². The van der Waals surface area contributed by atoms with Crippen molar-refractivity contribution in [1.82, 2.24) is 0 Å². The molecule has 1 aromatic carbocycles. The number of ether oxygens (including phenoxy) is 3. The van der Waals surface area contributed by atoms with E-state index < -0.39 is 0 Å².